The monoisotopic (exact) mass is 607 g/mol. The fourth-order valence-corrected chi connectivity index (χ4v) is 5.30. The summed E-state index contributed by atoms with van der Waals surface area (Å²) in [7, 11) is -5.08. The van der Waals surface area contributed by atoms with E-state index in [1.54, 1.807) is 69.3 Å². The number of hydrogen-bond donors (Lipinski definition) is 3. The second-order valence-corrected chi connectivity index (χ2v) is 12.0. The van der Waals surface area contributed by atoms with Gasteiger partial charge < -0.3 is 20.3 Å². The molecule has 43 heavy (non-hydrogen) atoms. The third-order valence-electron chi connectivity index (χ3n) is 6.50. The van der Waals surface area contributed by atoms with Gasteiger partial charge in [-0.3, -0.25) is 14.9 Å². The number of hydrogen-bond acceptors (Lipinski definition) is 9. The number of amides is 1. The predicted molar refractivity (Wildman–Crippen MR) is 157 cm³/mol. The Hall–Kier alpha value is -4.00. The van der Waals surface area contributed by atoms with Crippen molar-refractivity contribution in [3.8, 4) is 11.1 Å². The number of carbonyl (C=O) groups is 3. The van der Waals surface area contributed by atoms with E-state index < -0.39 is 44.0 Å². The van der Waals surface area contributed by atoms with Crippen molar-refractivity contribution in [3.05, 3.63) is 101 Å². The summed E-state index contributed by atoms with van der Waals surface area (Å²) >= 11 is 0. The fraction of sp³-hybridized carbons (Fsp3) is 0.129. The van der Waals surface area contributed by atoms with Crippen LogP contribution in [0.1, 0.15) is 52.6 Å². The van der Waals surface area contributed by atoms with Gasteiger partial charge in [0.25, 0.3) is 0 Å². The molecule has 0 bridgehead atoms. The normalized spacial score (nSPS) is 12.5. The Labute approximate surface area is 270 Å². The molecule has 0 fully saturated rings. The van der Waals surface area contributed by atoms with Gasteiger partial charge in [0.15, 0.2) is 11.6 Å². The van der Waals surface area contributed by atoms with Crippen molar-refractivity contribution in [2.24, 2.45) is 0 Å². The first-order valence-electron chi connectivity index (χ1n) is 12.8. The SMILES string of the molecule is CC(C)(C)OC(=O)Nc1ccc(-c2ccc(Nc3cc(S(=O)(=O)[O-])c(N)c4c3C(=O)c3ccccc3C4=O)cc2)cc1.[Na+]. The van der Waals surface area contributed by atoms with Gasteiger partial charge in [0.2, 0.25) is 0 Å². The molecular weight excluding hydrogens is 581 g/mol. The van der Waals surface area contributed by atoms with Gasteiger partial charge in [-0.15, -0.1) is 0 Å². The average Bonchev–Trinajstić information content (AvgIpc) is 2.91. The quantitative estimate of drug-likeness (QED) is 0.155. The van der Waals surface area contributed by atoms with Crippen LogP contribution in [0, 0.1) is 0 Å². The van der Waals surface area contributed by atoms with Gasteiger partial charge in [0.05, 0.1) is 27.4 Å². The van der Waals surface area contributed by atoms with Crippen LogP contribution in [0.3, 0.4) is 0 Å². The number of nitrogens with two attached hydrogens (primary N) is 1. The van der Waals surface area contributed by atoms with E-state index in [0.717, 1.165) is 17.2 Å². The standard InChI is InChI=1S/C31H27N3O7S.Na/c1-31(2,3)41-30(37)34-20-14-10-18(11-15-20)17-8-12-19(13-9-17)33-23-16-24(42(38,39)40)27(32)26-25(23)28(35)21-6-4-5-7-22(21)29(26)36;/h4-16,33H,32H2,1-3H3,(H,34,37)(H,38,39,40);/q;+1/p-1. The molecular formula is C31H26N3NaO7S. The van der Waals surface area contributed by atoms with E-state index in [-0.39, 0.29) is 57.5 Å². The summed E-state index contributed by atoms with van der Waals surface area (Å²) in [4.78, 5) is 38.0. The molecule has 5 rings (SSSR count). The molecule has 1 aliphatic rings. The number of benzene rings is 4. The van der Waals surface area contributed by atoms with E-state index in [1.807, 2.05) is 12.1 Å². The zero-order chi connectivity index (χ0) is 30.4. The molecule has 0 atom stereocenters. The molecule has 4 N–H and O–H groups in total. The number of carbonyl (C=O) groups excluding carboxylic acids is 3. The van der Waals surface area contributed by atoms with E-state index in [1.165, 1.54) is 12.1 Å². The van der Waals surface area contributed by atoms with Gasteiger partial charge in [0.1, 0.15) is 15.7 Å². The summed E-state index contributed by atoms with van der Waals surface area (Å²) in [6, 6.07) is 21.2. The van der Waals surface area contributed by atoms with E-state index in [4.69, 9.17) is 10.5 Å². The van der Waals surface area contributed by atoms with Gasteiger partial charge in [-0.2, -0.15) is 0 Å². The fourth-order valence-electron chi connectivity index (χ4n) is 4.67. The van der Waals surface area contributed by atoms with Gasteiger partial charge in [0, 0.05) is 22.5 Å². The second-order valence-electron chi connectivity index (χ2n) is 10.7. The minimum Gasteiger partial charge on any atom is -0.744 e. The van der Waals surface area contributed by atoms with E-state index in [0.29, 0.717) is 11.4 Å². The smallest absolute Gasteiger partial charge is 0.744 e. The number of fused-ring (bicyclic) bond motifs is 2. The van der Waals surface area contributed by atoms with Crippen LogP contribution in [-0.4, -0.2) is 36.2 Å². The van der Waals surface area contributed by atoms with E-state index in [9.17, 15) is 27.4 Å². The number of nitrogen functional groups attached to an aromatic ring is 1. The maximum Gasteiger partial charge on any atom is 1.00 e. The average molecular weight is 608 g/mol. The molecule has 12 heteroatoms. The molecule has 1 aliphatic carbocycles. The number of anilines is 4. The van der Waals surface area contributed by atoms with Crippen LogP contribution in [0.25, 0.3) is 11.1 Å². The Balaban J connectivity index is 0.00000423. The molecule has 0 saturated carbocycles. The minimum atomic E-state index is -5.08. The van der Waals surface area contributed by atoms with Crippen molar-refractivity contribution in [2.75, 3.05) is 16.4 Å². The Morgan fingerprint density at radius 2 is 1.30 bits per heavy atom. The van der Waals surface area contributed by atoms with Crippen LogP contribution >= 0.6 is 0 Å². The third kappa shape index (κ3) is 6.66. The van der Waals surface area contributed by atoms with Crippen LogP contribution in [0.5, 0.6) is 0 Å². The number of nitrogens with one attached hydrogen (secondary N) is 2. The largest absolute Gasteiger partial charge is 1.00 e. The van der Waals surface area contributed by atoms with Crippen LogP contribution < -0.4 is 45.9 Å². The van der Waals surface area contributed by atoms with Crippen LogP contribution in [0.15, 0.2) is 83.8 Å². The summed E-state index contributed by atoms with van der Waals surface area (Å²) in [6.45, 7) is 5.33. The molecule has 4 aromatic rings. The molecule has 0 aromatic heterocycles. The molecule has 1 amide bonds. The van der Waals surface area contributed by atoms with Crippen LogP contribution in [0.2, 0.25) is 0 Å². The summed E-state index contributed by atoms with van der Waals surface area (Å²) in [5.41, 5.74) is 7.27. The summed E-state index contributed by atoms with van der Waals surface area (Å²) in [6.07, 6.45) is -0.563. The molecule has 0 unspecified atom stereocenters. The maximum absolute atomic E-state index is 13.5. The minimum absolute atomic E-state index is 0. The number of ketones is 2. The van der Waals surface area contributed by atoms with Crippen molar-refractivity contribution >= 4 is 50.5 Å². The van der Waals surface area contributed by atoms with Crippen LogP contribution in [-0.2, 0) is 14.9 Å². The number of ether oxygens (including phenoxy) is 1. The third-order valence-corrected chi connectivity index (χ3v) is 7.37. The van der Waals surface area contributed by atoms with Crippen LogP contribution in [0.4, 0.5) is 27.5 Å². The molecule has 4 aromatic carbocycles. The summed E-state index contributed by atoms with van der Waals surface area (Å²) in [5.74, 6) is -1.17. The van der Waals surface area contributed by atoms with Gasteiger partial charge in [-0.05, 0) is 62.2 Å². The number of rotatable bonds is 5. The van der Waals surface area contributed by atoms with Crippen molar-refractivity contribution in [2.45, 2.75) is 31.3 Å². The Morgan fingerprint density at radius 1 is 0.814 bits per heavy atom. The molecule has 0 spiro atoms. The zero-order valence-corrected chi connectivity index (χ0v) is 26.7. The first-order valence-corrected chi connectivity index (χ1v) is 14.2. The van der Waals surface area contributed by atoms with Gasteiger partial charge >= 0.3 is 35.7 Å². The summed E-state index contributed by atoms with van der Waals surface area (Å²) in [5, 5.41) is 5.66. The Kier molecular flexibility index (Phi) is 8.87. The first kappa shape index (κ1) is 31.9. The van der Waals surface area contributed by atoms with Crippen molar-refractivity contribution in [1.29, 1.82) is 0 Å². The second kappa shape index (κ2) is 11.9. The molecule has 214 valence electrons. The zero-order valence-electron chi connectivity index (χ0n) is 23.8. The van der Waals surface area contributed by atoms with E-state index in [2.05, 4.69) is 10.6 Å². The molecule has 0 radical (unpaired) electrons. The first-order chi connectivity index (χ1) is 19.7. The van der Waals surface area contributed by atoms with Gasteiger partial charge in [-0.1, -0.05) is 48.5 Å². The molecule has 0 heterocycles. The Bertz CT molecular complexity index is 1870. The predicted octanol–water partition coefficient (Wildman–Crippen LogP) is 2.71. The molecule has 0 aliphatic heterocycles. The van der Waals surface area contributed by atoms with Crippen molar-refractivity contribution in [1.82, 2.24) is 0 Å². The van der Waals surface area contributed by atoms with Crippen molar-refractivity contribution in [3.63, 3.8) is 0 Å². The molecule has 10 nitrogen and oxygen atoms in total. The van der Waals surface area contributed by atoms with Crippen molar-refractivity contribution < 1.29 is 61.6 Å². The van der Waals surface area contributed by atoms with Gasteiger partial charge in [-0.25, -0.2) is 13.2 Å². The van der Waals surface area contributed by atoms with E-state index >= 15 is 0 Å². The topological polar surface area (TPSA) is 168 Å². The summed E-state index contributed by atoms with van der Waals surface area (Å²) < 4.78 is 41.4. The maximum atomic E-state index is 13.5. The molecule has 0 saturated heterocycles. The Morgan fingerprint density at radius 3 is 1.79 bits per heavy atom.